The third kappa shape index (κ3) is 1.09. The predicted molar refractivity (Wildman–Crippen MR) is 34.8 cm³/mol. The molecule has 1 heterocycles. The molecule has 0 aromatic heterocycles. The van der Waals surface area contributed by atoms with Gasteiger partial charge in [0.2, 0.25) is 0 Å². The first-order chi connectivity index (χ1) is 3.79. The number of nitrogens with one attached hydrogen (secondary N) is 1. The van der Waals surface area contributed by atoms with Gasteiger partial charge in [-0.1, -0.05) is 0 Å². The largest absolute Gasteiger partial charge is 0.370 e. The second kappa shape index (κ2) is 1.99. The van der Waals surface area contributed by atoms with Gasteiger partial charge in [-0.25, -0.2) is 0 Å². The zero-order chi connectivity index (χ0) is 5.98. The van der Waals surface area contributed by atoms with Crippen LogP contribution in [-0.2, 0) is 0 Å². The van der Waals surface area contributed by atoms with Crippen LogP contribution in [0, 0.1) is 0 Å². The van der Waals surface area contributed by atoms with Gasteiger partial charge in [0.25, 0.3) is 0 Å². The van der Waals surface area contributed by atoms with Gasteiger partial charge in [-0.2, -0.15) is 0 Å². The maximum Gasteiger partial charge on any atom is 0.115 e. The Morgan fingerprint density at radius 1 is 1.75 bits per heavy atom. The van der Waals surface area contributed by atoms with Crippen molar-refractivity contribution < 1.29 is 0 Å². The lowest BCUT2D eigenvalue weighted by molar-refractivity contribution is 0.665. The topological polar surface area (TPSA) is 24.4 Å². The summed E-state index contributed by atoms with van der Waals surface area (Å²) in [4.78, 5) is 4.11. The molecule has 0 amide bonds. The average molecular weight is 110 g/mol. The van der Waals surface area contributed by atoms with E-state index in [1.165, 1.54) is 5.57 Å². The Labute approximate surface area is 49.3 Å². The lowest BCUT2D eigenvalue weighted by Crippen LogP contribution is -2.21. The number of nitrogens with zero attached hydrogens (tertiary/aromatic N) is 1. The molecule has 0 fully saturated rings. The lowest BCUT2D eigenvalue weighted by Gasteiger charge is -2.10. The molecule has 1 aliphatic rings. The third-order valence-corrected chi connectivity index (χ3v) is 1.05. The molecule has 0 aromatic rings. The van der Waals surface area contributed by atoms with Gasteiger partial charge in [-0.05, 0) is 19.4 Å². The van der Waals surface area contributed by atoms with Crippen molar-refractivity contribution in [3.63, 3.8) is 0 Å². The quantitative estimate of drug-likeness (QED) is 0.492. The minimum absolute atomic E-state index is 0.263. The van der Waals surface area contributed by atoms with Crippen LogP contribution in [0.15, 0.2) is 16.8 Å². The van der Waals surface area contributed by atoms with Gasteiger partial charge < -0.3 is 5.32 Å². The highest BCUT2D eigenvalue weighted by Crippen LogP contribution is 1.94. The molecule has 2 nitrogen and oxygen atoms in total. The third-order valence-electron chi connectivity index (χ3n) is 1.05. The molecule has 0 saturated carbocycles. The fourth-order valence-corrected chi connectivity index (χ4v) is 0.562. The summed E-state index contributed by atoms with van der Waals surface area (Å²) in [7, 11) is 0. The van der Waals surface area contributed by atoms with Crippen LogP contribution in [0.2, 0.25) is 0 Å². The van der Waals surface area contributed by atoms with Crippen LogP contribution in [0.4, 0.5) is 0 Å². The van der Waals surface area contributed by atoms with Crippen LogP contribution in [0.25, 0.3) is 0 Å². The Morgan fingerprint density at radius 3 is 2.88 bits per heavy atom. The smallest absolute Gasteiger partial charge is 0.115 e. The van der Waals surface area contributed by atoms with Crippen molar-refractivity contribution in [3.8, 4) is 0 Å². The zero-order valence-corrected chi connectivity index (χ0v) is 5.18. The van der Waals surface area contributed by atoms with Gasteiger partial charge >= 0.3 is 0 Å². The molecule has 2 heteroatoms. The maximum absolute atomic E-state index is 4.11. The molecule has 1 atom stereocenters. The highest BCUT2D eigenvalue weighted by molar-refractivity contribution is 5.78. The van der Waals surface area contributed by atoms with E-state index in [4.69, 9.17) is 0 Å². The summed E-state index contributed by atoms with van der Waals surface area (Å²) in [5, 5.41) is 3.07. The standard InChI is InChI=1S/C6H10N2/c1-5-3-7-6(2)8-4-5/h3-4,6-7H,1-2H3. The van der Waals surface area contributed by atoms with Crippen molar-refractivity contribution in [1.82, 2.24) is 5.32 Å². The van der Waals surface area contributed by atoms with Crippen molar-refractivity contribution in [2.75, 3.05) is 0 Å². The van der Waals surface area contributed by atoms with Crippen LogP contribution in [0.3, 0.4) is 0 Å². The van der Waals surface area contributed by atoms with E-state index in [2.05, 4.69) is 10.3 Å². The highest BCUT2D eigenvalue weighted by Gasteiger charge is 1.96. The maximum atomic E-state index is 4.11. The minimum atomic E-state index is 0.263. The summed E-state index contributed by atoms with van der Waals surface area (Å²) in [6.45, 7) is 4.03. The summed E-state index contributed by atoms with van der Waals surface area (Å²) >= 11 is 0. The molecule has 1 unspecified atom stereocenters. The lowest BCUT2D eigenvalue weighted by atomic mass is 10.3. The van der Waals surface area contributed by atoms with E-state index in [-0.39, 0.29) is 6.17 Å². The number of rotatable bonds is 0. The molecule has 0 bridgehead atoms. The molecule has 0 aromatic carbocycles. The van der Waals surface area contributed by atoms with Gasteiger partial charge in [0.1, 0.15) is 6.17 Å². The van der Waals surface area contributed by atoms with Crippen molar-refractivity contribution in [2.45, 2.75) is 20.0 Å². The van der Waals surface area contributed by atoms with E-state index in [0.29, 0.717) is 0 Å². The summed E-state index contributed by atoms with van der Waals surface area (Å²) < 4.78 is 0. The van der Waals surface area contributed by atoms with E-state index >= 15 is 0 Å². The predicted octanol–water partition coefficient (Wildman–Crippen LogP) is 0.910. The minimum Gasteiger partial charge on any atom is -0.370 e. The molecule has 1 aliphatic heterocycles. The van der Waals surface area contributed by atoms with Crippen molar-refractivity contribution in [2.24, 2.45) is 4.99 Å². The van der Waals surface area contributed by atoms with Gasteiger partial charge in [0.15, 0.2) is 0 Å². The molecule has 0 radical (unpaired) electrons. The molecule has 8 heavy (non-hydrogen) atoms. The number of aliphatic imine (C=N–C) groups is 1. The first-order valence-corrected chi connectivity index (χ1v) is 2.75. The highest BCUT2D eigenvalue weighted by atomic mass is 15.1. The van der Waals surface area contributed by atoms with Crippen LogP contribution < -0.4 is 5.32 Å². The van der Waals surface area contributed by atoms with Crippen molar-refractivity contribution >= 4 is 6.21 Å². The Kier molecular flexibility index (Phi) is 1.33. The molecule has 0 spiro atoms. The van der Waals surface area contributed by atoms with Gasteiger partial charge in [-0.3, -0.25) is 4.99 Å². The SMILES string of the molecule is CC1=CNC(C)N=C1. The van der Waals surface area contributed by atoms with E-state index in [1.54, 1.807) is 0 Å². The number of hydrogen-bond donors (Lipinski definition) is 1. The Morgan fingerprint density at radius 2 is 2.50 bits per heavy atom. The Bertz CT molecular complexity index is 135. The summed E-state index contributed by atoms with van der Waals surface area (Å²) in [5.74, 6) is 0. The Balaban J connectivity index is 2.58. The second-order valence-corrected chi connectivity index (χ2v) is 2.01. The zero-order valence-electron chi connectivity index (χ0n) is 5.18. The van der Waals surface area contributed by atoms with E-state index in [1.807, 2.05) is 26.3 Å². The van der Waals surface area contributed by atoms with Crippen molar-refractivity contribution in [1.29, 1.82) is 0 Å². The van der Waals surface area contributed by atoms with E-state index < -0.39 is 0 Å². The molecule has 0 saturated heterocycles. The summed E-state index contributed by atoms with van der Waals surface area (Å²) in [6, 6.07) is 0. The van der Waals surface area contributed by atoms with Gasteiger partial charge in [0, 0.05) is 12.4 Å². The van der Waals surface area contributed by atoms with Crippen molar-refractivity contribution in [3.05, 3.63) is 11.8 Å². The number of hydrogen-bond acceptors (Lipinski definition) is 2. The summed E-state index contributed by atoms with van der Waals surface area (Å²) in [6.07, 6.45) is 4.11. The molecule has 1 N–H and O–H groups in total. The molecular formula is C6H10N2. The monoisotopic (exact) mass is 110 g/mol. The average Bonchev–Trinajstić information content (AvgIpc) is 1.77. The van der Waals surface area contributed by atoms with Gasteiger partial charge in [0.05, 0.1) is 0 Å². The Hall–Kier alpha value is -0.790. The molecular weight excluding hydrogens is 100 g/mol. The first kappa shape index (κ1) is 5.35. The second-order valence-electron chi connectivity index (χ2n) is 2.01. The van der Waals surface area contributed by atoms with Crippen LogP contribution in [-0.4, -0.2) is 12.4 Å². The van der Waals surface area contributed by atoms with E-state index in [0.717, 1.165) is 0 Å². The van der Waals surface area contributed by atoms with Crippen LogP contribution >= 0.6 is 0 Å². The van der Waals surface area contributed by atoms with Gasteiger partial charge in [-0.15, -0.1) is 0 Å². The molecule has 0 aliphatic carbocycles. The first-order valence-electron chi connectivity index (χ1n) is 2.75. The fraction of sp³-hybridized carbons (Fsp3) is 0.500. The normalized spacial score (nSPS) is 26.8. The van der Waals surface area contributed by atoms with Crippen LogP contribution in [0.1, 0.15) is 13.8 Å². The molecule has 1 rings (SSSR count). The van der Waals surface area contributed by atoms with E-state index in [9.17, 15) is 0 Å². The fourth-order valence-electron chi connectivity index (χ4n) is 0.562. The summed E-state index contributed by atoms with van der Waals surface area (Å²) in [5.41, 5.74) is 1.18. The number of allylic oxidation sites excluding steroid dienone is 1. The van der Waals surface area contributed by atoms with Crippen LogP contribution in [0.5, 0.6) is 0 Å². The molecule has 44 valence electrons.